The number of hydrogen-bond acceptors (Lipinski definition) is 2. The van der Waals surface area contributed by atoms with E-state index < -0.39 is 14.3 Å². The van der Waals surface area contributed by atoms with Crippen molar-refractivity contribution < 1.29 is 14.3 Å². The number of carboxylic acid groups (broad SMARTS) is 1. The predicted molar refractivity (Wildman–Crippen MR) is 93.1 cm³/mol. The van der Waals surface area contributed by atoms with Gasteiger partial charge in [0.1, 0.15) is 5.75 Å². The van der Waals surface area contributed by atoms with Crippen LogP contribution in [0.3, 0.4) is 0 Å². The van der Waals surface area contributed by atoms with Gasteiger partial charge in [0.05, 0.1) is 6.42 Å². The molecule has 2 rings (SSSR count). The highest BCUT2D eigenvalue weighted by molar-refractivity contribution is 6.74. The molecule has 1 N–H and O–H groups in total. The quantitative estimate of drug-likeness (QED) is 0.820. The number of rotatable bonds is 4. The van der Waals surface area contributed by atoms with Crippen LogP contribution in [0.15, 0.2) is 36.4 Å². The zero-order valence-electron chi connectivity index (χ0n) is 13.9. The fourth-order valence-electron chi connectivity index (χ4n) is 2.07. The molecule has 0 aliphatic heterocycles. The van der Waals surface area contributed by atoms with Gasteiger partial charge in [0.15, 0.2) is 0 Å². The van der Waals surface area contributed by atoms with Crippen LogP contribution >= 0.6 is 0 Å². The molecule has 3 nitrogen and oxygen atoms in total. The summed E-state index contributed by atoms with van der Waals surface area (Å²) in [6.07, 6.45) is 0.0449. The molecule has 0 unspecified atom stereocenters. The average molecular weight is 316 g/mol. The van der Waals surface area contributed by atoms with E-state index >= 15 is 0 Å². The Bertz CT molecular complexity index is 699. The maximum absolute atomic E-state index is 10.9. The molecule has 0 aliphatic rings. The highest BCUT2D eigenvalue weighted by Crippen LogP contribution is 2.37. The van der Waals surface area contributed by atoms with Gasteiger partial charge in [-0.2, -0.15) is 0 Å². The van der Waals surface area contributed by atoms with Crippen LogP contribution in [0.4, 0.5) is 0 Å². The molecule has 4 heteroatoms. The van der Waals surface area contributed by atoms with Crippen molar-refractivity contribution in [2.75, 3.05) is 0 Å². The molecule has 0 bridgehead atoms. The summed E-state index contributed by atoms with van der Waals surface area (Å²) in [7, 11) is -1.87. The molecule has 2 aromatic carbocycles. The third-order valence-electron chi connectivity index (χ3n) is 4.41. The smallest absolute Gasteiger partial charge is 0.307 e. The maximum Gasteiger partial charge on any atom is 0.307 e. The first kappa shape index (κ1) is 16.6. The molecule has 0 aliphatic carbocycles. The molecule has 0 radical (unpaired) electrons. The lowest BCUT2D eigenvalue weighted by atomic mass is 10.0. The predicted octanol–water partition coefficient (Wildman–Crippen LogP) is 4.85. The fourth-order valence-corrected chi connectivity index (χ4v) is 3.09. The summed E-state index contributed by atoms with van der Waals surface area (Å²) in [5.41, 5.74) is 0.810. The summed E-state index contributed by atoms with van der Waals surface area (Å²) < 4.78 is 6.32. The third-order valence-corrected chi connectivity index (χ3v) is 8.77. The van der Waals surface area contributed by atoms with Gasteiger partial charge in [-0.05, 0) is 46.6 Å². The van der Waals surface area contributed by atoms with E-state index in [4.69, 9.17) is 9.53 Å². The summed E-state index contributed by atoms with van der Waals surface area (Å²) in [5, 5.41) is 11.2. The van der Waals surface area contributed by atoms with Crippen molar-refractivity contribution in [1.29, 1.82) is 0 Å². The number of carbonyl (C=O) groups is 1. The first-order valence-corrected chi connectivity index (χ1v) is 10.4. The molecule has 0 amide bonds. The Labute approximate surface area is 133 Å². The van der Waals surface area contributed by atoms with Gasteiger partial charge in [0.2, 0.25) is 8.32 Å². The molecule has 0 saturated heterocycles. The summed E-state index contributed by atoms with van der Waals surface area (Å²) in [4.78, 5) is 10.9. The molecule has 0 spiro atoms. The fraction of sp³-hybridized carbons (Fsp3) is 0.389. The van der Waals surface area contributed by atoms with Gasteiger partial charge in [0, 0.05) is 0 Å². The first-order valence-electron chi connectivity index (χ1n) is 7.52. The molecule has 2 aromatic rings. The van der Waals surface area contributed by atoms with Crippen LogP contribution in [0, 0.1) is 0 Å². The van der Waals surface area contributed by atoms with Crippen LogP contribution in [-0.2, 0) is 11.2 Å². The zero-order valence-corrected chi connectivity index (χ0v) is 14.9. The highest BCUT2D eigenvalue weighted by Gasteiger charge is 2.38. The van der Waals surface area contributed by atoms with E-state index in [9.17, 15) is 4.79 Å². The van der Waals surface area contributed by atoms with E-state index in [0.717, 1.165) is 22.1 Å². The molecule has 0 heterocycles. The number of benzene rings is 2. The number of hydrogen-bond donors (Lipinski definition) is 1. The first-order chi connectivity index (χ1) is 10.1. The van der Waals surface area contributed by atoms with Crippen molar-refractivity contribution >= 4 is 25.1 Å². The Morgan fingerprint density at radius 3 is 2.32 bits per heavy atom. The van der Waals surface area contributed by atoms with Crippen LogP contribution in [0.25, 0.3) is 10.8 Å². The molecule has 0 aromatic heterocycles. The summed E-state index contributed by atoms with van der Waals surface area (Å²) in [6.45, 7) is 11.1. The van der Waals surface area contributed by atoms with Crippen molar-refractivity contribution in [1.82, 2.24) is 0 Å². The van der Waals surface area contributed by atoms with E-state index in [1.807, 2.05) is 36.4 Å². The van der Waals surface area contributed by atoms with Gasteiger partial charge in [0.25, 0.3) is 0 Å². The Morgan fingerprint density at radius 1 is 1.09 bits per heavy atom. The monoisotopic (exact) mass is 316 g/mol. The number of carboxylic acids is 1. The molecular weight excluding hydrogens is 292 g/mol. The minimum atomic E-state index is -1.87. The number of aliphatic carboxylic acids is 1. The standard InChI is InChI=1S/C18H24O3Si/c1-18(2,3)22(4,5)21-16-9-8-14-7-6-13(11-17(19)20)10-15(14)12-16/h6-10,12H,11H2,1-5H3,(H,19,20). The van der Waals surface area contributed by atoms with Crippen molar-refractivity contribution in [3.05, 3.63) is 42.0 Å². The molecule has 118 valence electrons. The van der Waals surface area contributed by atoms with E-state index in [1.165, 1.54) is 0 Å². The minimum Gasteiger partial charge on any atom is -0.543 e. The van der Waals surface area contributed by atoms with Gasteiger partial charge in [-0.3, -0.25) is 4.79 Å². The van der Waals surface area contributed by atoms with Gasteiger partial charge < -0.3 is 9.53 Å². The van der Waals surface area contributed by atoms with E-state index in [-0.39, 0.29) is 11.5 Å². The van der Waals surface area contributed by atoms with Crippen molar-refractivity contribution in [3.8, 4) is 5.75 Å². The normalized spacial score (nSPS) is 12.4. The van der Waals surface area contributed by atoms with Crippen molar-refractivity contribution in [2.24, 2.45) is 0 Å². The lowest BCUT2D eigenvalue weighted by molar-refractivity contribution is -0.136. The largest absolute Gasteiger partial charge is 0.543 e. The third kappa shape index (κ3) is 3.68. The van der Waals surface area contributed by atoms with Crippen LogP contribution in [0.2, 0.25) is 18.1 Å². The van der Waals surface area contributed by atoms with Gasteiger partial charge in [-0.15, -0.1) is 0 Å². The van der Waals surface area contributed by atoms with Crippen LogP contribution in [0.1, 0.15) is 26.3 Å². The lowest BCUT2D eigenvalue weighted by Crippen LogP contribution is -2.43. The van der Waals surface area contributed by atoms with Crippen LogP contribution < -0.4 is 4.43 Å². The summed E-state index contributed by atoms with van der Waals surface area (Å²) >= 11 is 0. The molecule has 0 atom stereocenters. The maximum atomic E-state index is 10.9. The second-order valence-corrected chi connectivity index (χ2v) is 12.0. The Kier molecular flexibility index (Phi) is 4.34. The van der Waals surface area contributed by atoms with Crippen LogP contribution in [-0.4, -0.2) is 19.4 Å². The Morgan fingerprint density at radius 2 is 1.73 bits per heavy atom. The van der Waals surface area contributed by atoms with E-state index in [2.05, 4.69) is 33.9 Å². The zero-order chi connectivity index (χ0) is 16.5. The van der Waals surface area contributed by atoms with Gasteiger partial charge >= 0.3 is 5.97 Å². The lowest BCUT2D eigenvalue weighted by Gasteiger charge is -2.36. The van der Waals surface area contributed by atoms with E-state index in [1.54, 1.807) is 0 Å². The minimum absolute atomic E-state index is 0.0449. The summed E-state index contributed by atoms with van der Waals surface area (Å²) in [5.74, 6) is 0.0552. The average Bonchev–Trinajstić information content (AvgIpc) is 2.35. The Balaban J connectivity index is 2.34. The molecule has 22 heavy (non-hydrogen) atoms. The second kappa shape index (κ2) is 5.76. The van der Waals surface area contributed by atoms with Gasteiger partial charge in [-0.25, -0.2) is 0 Å². The molecular formula is C18H24O3Si. The van der Waals surface area contributed by atoms with Gasteiger partial charge in [-0.1, -0.05) is 45.0 Å². The van der Waals surface area contributed by atoms with Crippen LogP contribution in [0.5, 0.6) is 5.75 Å². The topological polar surface area (TPSA) is 46.5 Å². The van der Waals surface area contributed by atoms with Crippen molar-refractivity contribution in [2.45, 2.75) is 45.3 Å². The molecule has 0 saturated carbocycles. The number of fused-ring (bicyclic) bond motifs is 1. The summed E-state index contributed by atoms with van der Waals surface area (Å²) in [6, 6.07) is 11.8. The second-order valence-electron chi connectivity index (χ2n) is 7.28. The van der Waals surface area contributed by atoms with E-state index in [0.29, 0.717) is 0 Å². The molecule has 0 fully saturated rings. The highest BCUT2D eigenvalue weighted by atomic mass is 28.4. The SMILES string of the molecule is CC(C)(C)[Si](C)(C)Oc1ccc2ccc(CC(=O)O)cc2c1. The van der Waals surface area contributed by atoms with Crippen molar-refractivity contribution in [3.63, 3.8) is 0 Å². The Hall–Kier alpha value is -1.81.